The van der Waals surface area contributed by atoms with Gasteiger partial charge in [0.25, 0.3) is 0 Å². The Morgan fingerprint density at radius 2 is 1.33 bits per heavy atom. The van der Waals surface area contributed by atoms with Gasteiger partial charge < -0.3 is 0 Å². The monoisotopic (exact) mass is 371 g/mol. The molecule has 0 spiro atoms. The smallest absolute Gasteiger partial charge is 0.205 e. The predicted molar refractivity (Wildman–Crippen MR) is 115 cm³/mol. The van der Waals surface area contributed by atoms with Crippen LogP contribution in [0.25, 0.3) is 0 Å². The van der Waals surface area contributed by atoms with E-state index >= 15 is 0 Å². The van der Waals surface area contributed by atoms with E-state index in [1.165, 1.54) is 0 Å². The van der Waals surface area contributed by atoms with E-state index in [0.717, 1.165) is 16.2 Å². The molecule has 0 aliphatic rings. The zero-order valence-electron chi connectivity index (χ0n) is 15.1. The first-order valence-electron chi connectivity index (χ1n) is 8.89. The molecular formula is C24H22NOP. The fourth-order valence-corrected chi connectivity index (χ4v) is 5.19. The van der Waals surface area contributed by atoms with Gasteiger partial charge in [-0.3, -0.25) is 4.57 Å². The molecule has 0 saturated carbocycles. The van der Waals surface area contributed by atoms with Crippen molar-refractivity contribution in [1.82, 2.24) is 5.09 Å². The first-order chi connectivity index (χ1) is 13.2. The second-order valence-corrected chi connectivity index (χ2v) is 8.63. The van der Waals surface area contributed by atoms with Crippen LogP contribution in [0, 0.1) is 11.8 Å². The maximum absolute atomic E-state index is 14.1. The summed E-state index contributed by atoms with van der Waals surface area (Å²) >= 11 is 0. The predicted octanol–water partition coefficient (Wildman–Crippen LogP) is 4.50. The van der Waals surface area contributed by atoms with Gasteiger partial charge in [-0.15, -0.1) is 6.58 Å². The summed E-state index contributed by atoms with van der Waals surface area (Å²) in [7, 11) is -3.03. The molecule has 27 heavy (non-hydrogen) atoms. The van der Waals surface area contributed by atoms with E-state index in [1.807, 2.05) is 91.0 Å². The Labute approximate surface area is 161 Å². The molecule has 0 bridgehead atoms. The molecule has 2 nitrogen and oxygen atoms in total. The van der Waals surface area contributed by atoms with Gasteiger partial charge in [-0.25, -0.2) is 5.09 Å². The van der Waals surface area contributed by atoms with Crippen LogP contribution in [-0.4, -0.2) is 6.04 Å². The third kappa shape index (κ3) is 4.86. The quantitative estimate of drug-likeness (QED) is 0.393. The number of benzene rings is 3. The molecule has 0 aliphatic heterocycles. The number of nitrogens with one attached hydrogen (secondary N) is 1. The topological polar surface area (TPSA) is 29.1 Å². The van der Waals surface area contributed by atoms with Gasteiger partial charge in [-0.1, -0.05) is 72.5 Å². The van der Waals surface area contributed by atoms with Gasteiger partial charge in [0.2, 0.25) is 7.29 Å². The maximum Gasteiger partial charge on any atom is 0.205 e. The highest BCUT2D eigenvalue weighted by atomic mass is 31.2. The van der Waals surface area contributed by atoms with Crippen molar-refractivity contribution in [2.75, 3.05) is 0 Å². The molecule has 134 valence electrons. The Morgan fingerprint density at radius 3 is 1.81 bits per heavy atom. The molecule has 0 radical (unpaired) electrons. The van der Waals surface area contributed by atoms with E-state index in [9.17, 15) is 4.57 Å². The summed E-state index contributed by atoms with van der Waals surface area (Å²) in [6, 6.07) is 28.6. The fourth-order valence-electron chi connectivity index (χ4n) is 2.80. The minimum absolute atomic E-state index is 0.269. The van der Waals surface area contributed by atoms with Crippen LogP contribution in [0.15, 0.2) is 104 Å². The molecule has 0 aromatic heterocycles. The van der Waals surface area contributed by atoms with E-state index in [4.69, 9.17) is 0 Å². The zero-order chi connectivity index (χ0) is 19.0. The van der Waals surface area contributed by atoms with Gasteiger partial charge in [0.15, 0.2) is 0 Å². The Kier molecular flexibility index (Phi) is 6.44. The summed E-state index contributed by atoms with van der Waals surface area (Å²) in [5.74, 6) is 6.40. The number of hydrogen-bond acceptors (Lipinski definition) is 1. The van der Waals surface area contributed by atoms with Crippen molar-refractivity contribution in [2.45, 2.75) is 12.5 Å². The second kappa shape index (κ2) is 9.19. The van der Waals surface area contributed by atoms with Crippen molar-refractivity contribution in [3.8, 4) is 11.8 Å². The van der Waals surface area contributed by atoms with Crippen LogP contribution in [0.1, 0.15) is 12.0 Å². The lowest BCUT2D eigenvalue weighted by molar-refractivity contribution is 0.573. The molecule has 0 fully saturated rings. The Morgan fingerprint density at radius 1 is 0.852 bits per heavy atom. The van der Waals surface area contributed by atoms with Crippen LogP contribution < -0.4 is 15.7 Å². The zero-order valence-corrected chi connectivity index (χ0v) is 16.0. The summed E-state index contributed by atoms with van der Waals surface area (Å²) < 4.78 is 14.1. The van der Waals surface area contributed by atoms with Crippen LogP contribution in [0.5, 0.6) is 0 Å². The normalized spacial score (nSPS) is 11.9. The molecule has 0 aliphatic carbocycles. The summed E-state index contributed by atoms with van der Waals surface area (Å²) in [5.41, 5.74) is 0.933. The molecule has 0 saturated heterocycles. The molecule has 0 heterocycles. The van der Waals surface area contributed by atoms with E-state index in [1.54, 1.807) is 6.08 Å². The third-order valence-corrected chi connectivity index (χ3v) is 6.87. The van der Waals surface area contributed by atoms with Gasteiger partial charge >= 0.3 is 0 Å². The number of rotatable bonds is 6. The van der Waals surface area contributed by atoms with Crippen LogP contribution in [-0.2, 0) is 4.57 Å². The molecule has 0 unspecified atom stereocenters. The highest BCUT2D eigenvalue weighted by Gasteiger charge is 2.29. The van der Waals surface area contributed by atoms with E-state index in [2.05, 4.69) is 23.5 Å². The average molecular weight is 371 g/mol. The van der Waals surface area contributed by atoms with Crippen molar-refractivity contribution in [3.63, 3.8) is 0 Å². The van der Waals surface area contributed by atoms with Crippen molar-refractivity contribution in [1.29, 1.82) is 0 Å². The van der Waals surface area contributed by atoms with Gasteiger partial charge in [0.1, 0.15) is 0 Å². The minimum Gasteiger partial charge on any atom is -0.296 e. The molecule has 0 amide bonds. The van der Waals surface area contributed by atoms with Gasteiger partial charge in [-0.05, 0) is 42.8 Å². The van der Waals surface area contributed by atoms with Crippen molar-refractivity contribution < 1.29 is 4.57 Å². The lowest BCUT2D eigenvalue weighted by Gasteiger charge is -2.23. The van der Waals surface area contributed by atoms with Crippen molar-refractivity contribution in [3.05, 3.63) is 109 Å². The third-order valence-electron chi connectivity index (χ3n) is 4.14. The van der Waals surface area contributed by atoms with Crippen LogP contribution >= 0.6 is 7.29 Å². The second-order valence-electron chi connectivity index (χ2n) is 6.12. The van der Waals surface area contributed by atoms with Crippen molar-refractivity contribution >= 4 is 17.9 Å². The van der Waals surface area contributed by atoms with E-state index in [0.29, 0.717) is 6.42 Å². The molecule has 3 aromatic carbocycles. The fraction of sp³-hybridized carbons (Fsp3) is 0.0833. The van der Waals surface area contributed by atoms with Crippen LogP contribution in [0.2, 0.25) is 0 Å². The minimum atomic E-state index is -3.03. The first-order valence-corrected chi connectivity index (χ1v) is 10.6. The SMILES string of the molecule is C=CC[C@H](C#Cc1ccccc1)NP(=O)(c1ccccc1)c1ccccc1. The molecule has 3 rings (SSSR count). The highest BCUT2D eigenvalue weighted by Crippen LogP contribution is 2.39. The van der Waals surface area contributed by atoms with Gasteiger partial charge in [0, 0.05) is 16.2 Å². The summed E-state index contributed by atoms with van der Waals surface area (Å²) in [6.07, 6.45) is 2.40. The average Bonchev–Trinajstić information content (AvgIpc) is 2.74. The molecule has 3 aromatic rings. The van der Waals surface area contributed by atoms with Crippen molar-refractivity contribution in [2.24, 2.45) is 0 Å². The van der Waals surface area contributed by atoms with Gasteiger partial charge in [-0.2, -0.15) is 0 Å². The standard InChI is InChI=1S/C24H22NOP/c1-2-12-22(20-19-21-13-6-3-7-14-21)25-27(26,23-15-8-4-9-16-23)24-17-10-5-11-18-24/h2-11,13-18,22H,1,12H2,(H,25,26)/t22-/m1/s1. The largest absolute Gasteiger partial charge is 0.296 e. The molecular weight excluding hydrogens is 349 g/mol. The van der Waals surface area contributed by atoms with Crippen LogP contribution in [0.4, 0.5) is 0 Å². The first kappa shape index (κ1) is 18.9. The van der Waals surface area contributed by atoms with E-state index < -0.39 is 7.29 Å². The van der Waals surface area contributed by atoms with E-state index in [-0.39, 0.29) is 6.04 Å². The lowest BCUT2D eigenvalue weighted by Crippen LogP contribution is -2.34. The Bertz CT molecular complexity index is 929. The molecule has 1 N–H and O–H groups in total. The maximum atomic E-state index is 14.1. The lowest BCUT2D eigenvalue weighted by atomic mass is 10.2. The Balaban J connectivity index is 1.98. The molecule has 1 atom stereocenters. The highest BCUT2D eigenvalue weighted by molar-refractivity contribution is 7.76. The molecule has 3 heteroatoms. The summed E-state index contributed by atoms with van der Waals surface area (Å²) in [5, 5.41) is 4.89. The number of hydrogen-bond donors (Lipinski definition) is 1. The Hall–Kier alpha value is -2.85. The van der Waals surface area contributed by atoms with Crippen LogP contribution in [0.3, 0.4) is 0 Å². The summed E-state index contributed by atoms with van der Waals surface area (Å²) in [4.78, 5) is 0. The summed E-state index contributed by atoms with van der Waals surface area (Å²) in [6.45, 7) is 3.83. The van der Waals surface area contributed by atoms with Gasteiger partial charge in [0.05, 0.1) is 6.04 Å².